The number of amidine groups is 1. The maximum atomic E-state index is 11.6. The molecular formula is C12H10N2O. The lowest BCUT2D eigenvalue weighted by Gasteiger charge is -2.31. The van der Waals surface area contributed by atoms with Gasteiger partial charge in [0.05, 0.1) is 6.54 Å². The first-order valence-corrected chi connectivity index (χ1v) is 4.97. The molecule has 0 saturated carbocycles. The maximum Gasteiger partial charge on any atom is 0.220 e. The summed E-state index contributed by atoms with van der Waals surface area (Å²) in [5, 5.41) is 0. The molecule has 0 atom stereocenters. The van der Waals surface area contributed by atoms with Crippen LogP contribution in [0.1, 0.15) is 5.56 Å². The number of hydrogen-bond acceptors (Lipinski definition) is 3. The van der Waals surface area contributed by atoms with Crippen molar-refractivity contribution in [2.45, 2.75) is 6.54 Å². The molecule has 2 heterocycles. The second-order valence-electron chi connectivity index (χ2n) is 3.65. The van der Waals surface area contributed by atoms with Crippen LogP contribution in [0.3, 0.4) is 0 Å². The minimum atomic E-state index is 0.00996. The van der Waals surface area contributed by atoms with Crippen molar-refractivity contribution in [3.05, 3.63) is 42.0 Å². The van der Waals surface area contributed by atoms with E-state index >= 15 is 0 Å². The third kappa shape index (κ3) is 1.20. The van der Waals surface area contributed by atoms with Gasteiger partial charge in [0.25, 0.3) is 0 Å². The lowest BCUT2D eigenvalue weighted by atomic mass is 10.1. The molecule has 3 rings (SSSR count). The van der Waals surface area contributed by atoms with Crippen molar-refractivity contribution in [1.82, 2.24) is 0 Å². The molecule has 3 nitrogen and oxygen atoms in total. The summed E-state index contributed by atoms with van der Waals surface area (Å²) in [4.78, 5) is 17.9. The van der Waals surface area contributed by atoms with Gasteiger partial charge in [0, 0.05) is 12.2 Å². The molecule has 0 N–H and O–H groups in total. The zero-order valence-electron chi connectivity index (χ0n) is 8.18. The standard InChI is InChI=1S/C12H10N2O/c15-11-6-3-7-14-10-5-2-1-4-9(10)8-13-12(11)14/h1-6H,7-8H2. The first-order chi connectivity index (χ1) is 7.36. The monoisotopic (exact) mass is 198 g/mol. The highest BCUT2D eigenvalue weighted by molar-refractivity contribution is 6.48. The van der Waals surface area contributed by atoms with Gasteiger partial charge in [0.2, 0.25) is 5.78 Å². The van der Waals surface area contributed by atoms with Gasteiger partial charge in [-0.2, -0.15) is 0 Å². The van der Waals surface area contributed by atoms with Crippen LogP contribution < -0.4 is 4.90 Å². The van der Waals surface area contributed by atoms with Crippen molar-refractivity contribution in [2.24, 2.45) is 4.99 Å². The van der Waals surface area contributed by atoms with Crippen molar-refractivity contribution >= 4 is 17.3 Å². The predicted octanol–water partition coefficient (Wildman–Crippen LogP) is 1.54. The first-order valence-electron chi connectivity index (χ1n) is 4.97. The number of fused-ring (bicyclic) bond motifs is 3. The summed E-state index contributed by atoms with van der Waals surface area (Å²) in [7, 11) is 0. The number of benzene rings is 1. The lowest BCUT2D eigenvalue weighted by molar-refractivity contribution is -0.109. The van der Waals surface area contributed by atoms with Crippen LogP contribution in [0, 0.1) is 0 Å². The molecule has 0 radical (unpaired) electrons. The smallest absolute Gasteiger partial charge is 0.220 e. The van der Waals surface area contributed by atoms with Crippen LogP contribution in [-0.4, -0.2) is 18.2 Å². The van der Waals surface area contributed by atoms with E-state index in [-0.39, 0.29) is 5.78 Å². The fourth-order valence-electron chi connectivity index (χ4n) is 2.00. The molecule has 2 aliphatic heterocycles. The summed E-state index contributed by atoms with van der Waals surface area (Å²) in [5.41, 5.74) is 2.30. The molecule has 0 fully saturated rings. The van der Waals surface area contributed by atoms with Gasteiger partial charge in [-0.15, -0.1) is 0 Å². The van der Waals surface area contributed by atoms with Crippen LogP contribution in [0.4, 0.5) is 5.69 Å². The second-order valence-corrected chi connectivity index (χ2v) is 3.65. The Kier molecular flexibility index (Phi) is 1.71. The fourth-order valence-corrected chi connectivity index (χ4v) is 2.00. The topological polar surface area (TPSA) is 32.7 Å². The number of carbonyl (C=O) groups is 1. The molecule has 15 heavy (non-hydrogen) atoms. The van der Waals surface area contributed by atoms with Crippen molar-refractivity contribution < 1.29 is 4.79 Å². The predicted molar refractivity (Wildman–Crippen MR) is 59.1 cm³/mol. The van der Waals surface area contributed by atoms with Gasteiger partial charge in [-0.05, 0) is 17.7 Å². The highest BCUT2D eigenvalue weighted by Crippen LogP contribution is 2.27. The summed E-state index contributed by atoms with van der Waals surface area (Å²) >= 11 is 0. The quantitative estimate of drug-likeness (QED) is 0.633. The van der Waals surface area contributed by atoms with Gasteiger partial charge < -0.3 is 4.90 Å². The molecule has 1 aromatic rings. The normalized spacial score (nSPS) is 18.3. The summed E-state index contributed by atoms with van der Waals surface area (Å²) in [6, 6.07) is 8.08. The highest BCUT2D eigenvalue weighted by Gasteiger charge is 2.26. The average molecular weight is 198 g/mol. The molecule has 0 bridgehead atoms. The van der Waals surface area contributed by atoms with E-state index in [2.05, 4.69) is 11.1 Å². The van der Waals surface area contributed by atoms with Gasteiger partial charge in [0.1, 0.15) is 0 Å². The molecule has 0 unspecified atom stereocenters. The Bertz CT molecular complexity index is 488. The number of para-hydroxylation sites is 1. The van der Waals surface area contributed by atoms with E-state index in [0.717, 1.165) is 12.2 Å². The fraction of sp³-hybridized carbons (Fsp3) is 0.167. The minimum absolute atomic E-state index is 0.00996. The Labute approximate surface area is 87.7 Å². The summed E-state index contributed by atoms with van der Waals surface area (Å²) in [5.74, 6) is 0.590. The Hall–Kier alpha value is -1.90. The van der Waals surface area contributed by atoms with Crippen LogP contribution in [0.5, 0.6) is 0 Å². The van der Waals surface area contributed by atoms with E-state index in [9.17, 15) is 4.79 Å². The third-order valence-corrected chi connectivity index (χ3v) is 2.71. The molecule has 2 aliphatic rings. The molecule has 1 aromatic carbocycles. The van der Waals surface area contributed by atoms with E-state index in [4.69, 9.17) is 0 Å². The number of rotatable bonds is 0. The number of nitrogens with zero attached hydrogens (tertiary/aromatic N) is 2. The Morgan fingerprint density at radius 1 is 1.27 bits per heavy atom. The molecule has 3 heteroatoms. The summed E-state index contributed by atoms with van der Waals surface area (Å²) in [6.45, 7) is 1.35. The molecule has 0 aromatic heterocycles. The number of carbonyl (C=O) groups excluding carboxylic acids is 1. The van der Waals surface area contributed by atoms with Gasteiger partial charge >= 0.3 is 0 Å². The molecular weight excluding hydrogens is 188 g/mol. The van der Waals surface area contributed by atoms with Crippen molar-refractivity contribution in [3.63, 3.8) is 0 Å². The Balaban J connectivity index is 2.14. The maximum absolute atomic E-state index is 11.6. The van der Waals surface area contributed by atoms with E-state index in [1.165, 1.54) is 5.56 Å². The van der Waals surface area contributed by atoms with Gasteiger partial charge in [-0.25, -0.2) is 0 Å². The average Bonchev–Trinajstić information content (AvgIpc) is 2.29. The highest BCUT2D eigenvalue weighted by atomic mass is 16.1. The van der Waals surface area contributed by atoms with Crippen LogP contribution in [0.2, 0.25) is 0 Å². The molecule has 0 spiro atoms. The zero-order valence-corrected chi connectivity index (χ0v) is 8.18. The largest absolute Gasteiger partial charge is 0.319 e. The van der Waals surface area contributed by atoms with Crippen molar-refractivity contribution in [2.75, 3.05) is 11.4 Å². The van der Waals surface area contributed by atoms with Gasteiger partial charge in [0.15, 0.2) is 5.84 Å². The first kappa shape index (κ1) is 8.41. The third-order valence-electron chi connectivity index (χ3n) is 2.71. The number of aliphatic imine (C=N–C) groups is 1. The molecule has 0 saturated heterocycles. The van der Waals surface area contributed by atoms with Crippen LogP contribution in [0.25, 0.3) is 0 Å². The van der Waals surface area contributed by atoms with Crippen molar-refractivity contribution in [1.29, 1.82) is 0 Å². The Morgan fingerprint density at radius 2 is 2.13 bits per heavy atom. The van der Waals surface area contributed by atoms with Crippen molar-refractivity contribution in [3.8, 4) is 0 Å². The number of anilines is 1. The number of hydrogen-bond donors (Lipinski definition) is 0. The van der Waals surface area contributed by atoms with Crippen LogP contribution >= 0.6 is 0 Å². The number of ketones is 1. The van der Waals surface area contributed by atoms with Gasteiger partial charge in [-0.1, -0.05) is 24.3 Å². The van der Waals surface area contributed by atoms with Crippen LogP contribution in [-0.2, 0) is 11.3 Å². The van der Waals surface area contributed by atoms with E-state index in [1.807, 2.05) is 29.2 Å². The Morgan fingerprint density at radius 3 is 3.07 bits per heavy atom. The molecule has 74 valence electrons. The van der Waals surface area contributed by atoms with E-state index in [1.54, 1.807) is 6.08 Å². The zero-order chi connectivity index (χ0) is 10.3. The lowest BCUT2D eigenvalue weighted by Crippen LogP contribution is -2.41. The van der Waals surface area contributed by atoms with E-state index in [0.29, 0.717) is 12.4 Å². The summed E-state index contributed by atoms with van der Waals surface area (Å²) in [6.07, 6.45) is 3.48. The second kappa shape index (κ2) is 3.05. The summed E-state index contributed by atoms with van der Waals surface area (Å²) < 4.78 is 0. The minimum Gasteiger partial charge on any atom is -0.319 e. The molecule has 0 aliphatic carbocycles. The molecule has 0 amide bonds. The van der Waals surface area contributed by atoms with E-state index < -0.39 is 0 Å². The van der Waals surface area contributed by atoms with Crippen LogP contribution in [0.15, 0.2) is 41.4 Å². The SMILES string of the molecule is O=C1C=CCN2C1=NCc1ccccc12. The van der Waals surface area contributed by atoms with Gasteiger partial charge in [-0.3, -0.25) is 9.79 Å².